The summed E-state index contributed by atoms with van der Waals surface area (Å²) in [4.78, 5) is 14.4. The topological polar surface area (TPSA) is 97.8 Å². The molecule has 2 saturated heterocycles. The lowest BCUT2D eigenvalue weighted by atomic mass is 10.1. The molecular weight excluding hydrogens is 537 g/mol. The van der Waals surface area contributed by atoms with E-state index in [9.17, 15) is 18.1 Å². The molecular formula is C27H28FN7O2S2. The minimum atomic E-state index is -3.22. The Balaban J connectivity index is 1.41. The second-order valence-corrected chi connectivity index (χ2v) is 13.1. The summed E-state index contributed by atoms with van der Waals surface area (Å²) in [6, 6.07) is 10.5. The van der Waals surface area contributed by atoms with Gasteiger partial charge in [0.2, 0.25) is 10.0 Å². The van der Waals surface area contributed by atoms with Crippen LogP contribution in [0.15, 0.2) is 36.5 Å². The van der Waals surface area contributed by atoms with Crippen molar-refractivity contribution in [3.63, 3.8) is 0 Å². The number of nitriles is 1. The van der Waals surface area contributed by atoms with Crippen molar-refractivity contribution in [3.8, 4) is 17.3 Å². The maximum Gasteiger partial charge on any atom is 0.211 e. The molecule has 2 aliphatic rings. The van der Waals surface area contributed by atoms with Gasteiger partial charge >= 0.3 is 0 Å². The number of rotatable bonds is 6. The van der Waals surface area contributed by atoms with Gasteiger partial charge in [-0.15, -0.1) is 0 Å². The molecule has 2 atom stereocenters. The van der Waals surface area contributed by atoms with Gasteiger partial charge in [-0.3, -0.25) is 4.40 Å². The average molecular weight is 566 g/mol. The van der Waals surface area contributed by atoms with Crippen LogP contribution < -0.4 is 9.80 Å². The first-order valence-corrected chi connectivity index (χ1v) is 15.4. The molecule has 2 bridgehead atoms. The number of benzene rings is 1. The van der Waals surface area contributed by atoms with Crippen molar-refractivity contribution in [2.24, 2.45) is 0 Å². The smallest absolute Gasteiger partial charge is 0.211 e. The second kappa shape index (κ2) is 9.29. The van der Waals surface area contributed by atoms with Crippen LogP contribution in [0.25, 0.3) is 16.9 Å². The van der Waals surface area contributed by atoms with Crippen molar-refractivity contribution in [1.82, 2.24) is 18.7 Å². The highest BCUT2D eigenvalue weighted by atomic mass is 32.2. The van der Waals surface area contributed by atoms with Crippen LogP contribution in [0.3, 0.4) is 0 Å². The molecule has 0 N–H and O–H groups in total. The van der Waals surface area contributed by atoms with Gasteiger partial charge in [0.1, 0.15) is 33.9 Å². The molecule has 39 heavy (non-hydrogen) atoms. The lowest BCUT2D eigenvalue weighted by Crippen LogP contribution is -2.48. The summed E-state index contributed by atoms with van der Waals surface area (Å²) in [5, 5.41) is 10.4. The van der Waals surface area contributed by atoms with E-state index in [1.807, 2.05) is 18.9 Å². The molecule has 3 aromatic heterocycles. The van der Waals surface area contributed by atoms with Gasteiger partial charge in [-0.2, -0.15) is 9.57 Å². The van der Waals surface area contributed by atoms with Gasteiger partial charge in [-0.05, 0) is 55.7 Å². The van der Waals surface area contributed by atoms with E-state index in [1.165, 1.54) is 29.7 Å². The standard InChI is InChI=1S/C27H28FN7O2S2/c1-5-22-26(32(3)27-31-24(23(12-29)38-27)17-6-8-18(28)9-7-17)34-13-19(10-16(2)25(34)30-22)33-14-21-11-20(33)15-35(21)39(4,36)37/h6-10,13,20-21H,5,11,14-15H2,1-4H3/t20?,21-/m1/s1. The first kappa shape index (κ1) is 25.7. The molecule has 1 unspecified atom stereocenters. The van der Waals surface area contributed by atoms with E-state index in [2.05, 4.69) is 34.6 Å². The molecule has 0 saturated carbocycles. The fourth-order valence-electron chi connectivity index (χ4n) is 5.85. The number of nitrogens with zero attached hydrogens (tertiary/aromatic N) is 7. The third kappa shape index (κ3) is 4.25. The Morgan fingerprint density at radius 3 is 2.56 bits per heavy atom. The zero-order valence-electron chi connectivity index (χ0n) is 22.1. The SMILES string of the molecule is CCc1nc2c(C)cc(N3C[C@H]4CC3CN4S(C)(=O)=O)cn2c1N(C)c1nc(-c2ccc(F)cc2)c(C#N)s1. The van der Waals surface area contributed by atoms with Crippen LogP contribution in [-0.4, -0.2) is 65.6 Å². The number of hydrogen-bond donors (Lipinski definition) is 0. The number of imidazole rings is 1. The molecule has 4 aromatic rings. The lowest BCUT2D eigenvalue weighted by Gasteiger charge is -2.34. The fourth-order valence-corrected chi connectivity index (χ4v) is 7.84. The third-order valence-electron chi connectivity index (χ3n) is 7.66. The molecule has 9 nitrogen and oxygen atoms in total. The summed E-state index contributed by atoms with van der Waals surface area (Å²) in [6.07, 6.45) is 4.88. The first-order valence-electron chi connectivity index (χ1n) is 12.7. The van der Waals surface area contributed by atoms with Crippen molar-refractivity contribution in [2.75, 3.05) is 36.2 Å². The second-order valence-electron chi connectivity index (χ2n) is 10.2. The molecule has 6 rings (SSSR count). The summed E-state index contributed by atoms with van der Waals surface area (Å²) >= 11 is 1.28. The van der Waals surface area contributed by atoms with Crippen LogP contribution in [0.4, 0.5) is 21.0 Å². The molecule has 5 heterocycles. The van der Waals surface area contributed by atoms with Gasteiger partial charge in [0.25, 0.3) is 0 Å². The van der Waals surface area contributed by atoms with Crippen molar-refractivity contribution >= 4 is 43.6 Å². The number of fused-ring (bicyclic) bond motifs is 3. The Bertz CT molecular complexity index is 1740. The van der Waals surface area contributed by atoms with Gasteiger partial charge in [0.05, 0.1) is 17.6 Å². The lowest BCUT2D eigenvalue weighted by molar-refractivity contribution is 0.371. The molecule has 0 radical (unpaired) electrons. The van der Waals surface area contributed by atoms with Gasteiger partial charge in [-0.25, -0.2) is 22.8 Å². The van der Waals surface area contributed by atoms with E-state index in [0.717, 1.165) is 34.8 Å². The summed E-state index contributed by atoms with van der Waals surface area (Å²) in [5.41, 5.74) is 5.00. The highest BCUT2D eigenvalue weighted by Gasteiger charge is 2.47. The number of hydrogen-bond acceptors (Lipinski definition) is 8. The monoisotopic (exact) mass is 565 g/mol. The van der Waals surface area contributed by atoms with E-state index in [-0.39, 0.29) is 17.9 Å². The number of thiazole rings is 1. The molecule has 202 valence electrons. The summed E-state index contributed by atoms with van der Waals surface area (Å²) in [7, 11) is -1.30. The Morgan fingerprint density at radius 1 is 1.21 bits per heavy atom. The number of anilines is 3. The third-order valence-corrected chi connectivity index (χ3v) is 9.99. The summed E-state index contributed by atoms with van der Waals surface area (Å²) in [5.74, 6) is 0.521. The van der Waals surface area contributed by atoms with Crippen LogP contribution in [0.1, 0.15) is 29.5 Å². The van der Waals surface area contributed by atoms with E-state index in [0.29, 0.717) is 40.8 Å². The fraction of sp³-hybridized carbons (Fsp3) is 0.370. The van der Waals surface area contributed by atoms with Gasteiger partial charge in [0, 0.05) is 44.0 Å². The van der Waals surface area contributed by atoms with Crippen molar-refractivity contribution in [3.05, 3.63) is 58.5 Å². The molecule has 12 heteroatoms. The van der Waals surface area contributed by atoms with Crippen LogP contribution in [0.2, 0.25) is 0 Å². The van der Waals surface area contributed by atoms with Crippen molar-refractivity contribution in [2.45, 2.75) is 38.8 Å². The Labute approximate surface area is 230 Å². The van der Waals surface area contributed by atoms with Gasteiger partial charge < -0.3 is 9.80 Å². The molecule has 0 spiro atoms. The van der Waals surface area contributed by atoms with E-state index < -0.39 is 10.0 Å². The maximum absolute atomic E-state index is 13.5. The van der Waals surface area contributed by atoms with E-state index in [1.54, 1.807) is 16.4 Å². The molecule has 0 amide bonds. The summed E-state index contributed by atoms with van der Waals surface area (Å²) in [6.45, 7) is 5.25. The minimum Gasteiger partial charge on any atom is -0.364 e. The Kier molecular flexibility index (Phi) is 6.13. The maximum atomic E-state index is 13.5. The highest BCUT2D eigenvalue weighted by Crippen LogP contribution is 2.40. The highest BCUT2D eigenvalue weighted by molar-refractivity contribution is 7.88. The quantitative estimate of drug-likeness (QED) is 0.343. The minimum absolute atomic E-state index is 0.0123. The van der Waals surface area contributed by atoms with Crippen LogP contribution >= 0.6 is 11.3 Å². The largest absolute Gasteiger partial charge is 0.364 e. The molecule has 2 fully saturated rings. The van der Waals surface area contributed by atoms with Gasteiger partial charge in [-0.1, -0.05) is 18.3 Å². The van der Waals surface area contributed by atoms with Crippen LogP contribution in [0.5, 0.6) is 0 Å². The van der Waals surface area contributed by atoms with Crippen molar-refractivity contribution < 1.29 is 12.8 Å². The normalized spacial score (nSPS) is 19.2. The average Bonchev–Trinajstić information content (AvgIpc) is 3.69. The van der Waals surface area contributed by atoms with Crippen LogP contribution in [-0.2, 0) is 16.4 Å². The first-order chi connectivity index (χ1) is 18.6. The molecule has 1 aromatic carbocycles. The molecule has 2 aliphatic heterocycles. The predicted octanol–water partition coefficient (Wildman–Crippen LogP) is 4.33. The van der Waals surface area contributed by atoms with Crippen LogP contribution in [0, 0.1) is 24.1 Å². The van der Waals surface area contributed by atoms with Crippen molar-refractivity contribution in [1.29, 1.82) is 5.26 Å². The number of halogens is 1. The van der Waals surface area contributed by atoms with E-state index in [4.69, 9.17) is 9.97 Å². The number of piperazine rings is 1. The number of sulfonamides is 1. The Hall–Kier alpha value is -3.53. The molecule has 0 aliphatic carbocycles. The number of pyridine rings is 1. The zero-order valence-corrected chi connectivity index (χ0v) is 23.7. The number of aromatic nitrogens is 3. The summed E-state index contributed by atoms with van der Waals surface area (Å²) < 4.78 is 41.6. The number of aryl methyl sites for hydroxylation is 2. The van der Waals surface area contributed by atoms with E-state index >= 15 is 0 Å². The van der Waals surface area contributed by atoms with Gasteiger partial charge in [0.15, 0.2) is 5.13 Å². The zero-order chi connectivity index (χ0) is 27.6. The Morgan fingerprint density at radius 2 is 1.95 bits per heavy atom. The predicted molar refractivity (Wildman–Crippen MR) is 151 cm³/mol.